The van der Waals surface area contributed by atoms with E-state index in [4.69, 9.17) is 5.84 Å². The number of nitrogens with zero attached hydrogens (tertiary/aromatic N) is 1. The van der Waals surface area contributed by atoms with Gasteiger partial charge in [0.05, 0.1) is 6.04 Å². The minimum atomic E-state index is 0.0960. The van der Waals surface area contributed by atoms with Gasteiger partial charge in [-0.3, -0.25) is 16.3 Å². The highest BCUT2D eigenvalue weighted by molar-refractivity contribution is 9.10. The molecule has 5 heteroatoms. The Morgan fingerprint density at radius 1 is 1.53 bits per heavy atom. The molecular formula is C12H14BrN3S. The van der Waals surface area contributed by atoms with E-state index >= 15 is 0 Å². The normalized spacial score (nSPS) is 12.6. The summed E-state index contributed by atoms with van der Waals surface area (Å²) in [7, 11) is 0. The summed E-state index contributed by atoms with van der Waals surface area (Å²) in [5.41, 5.74) is 5.04. The predicted molar refractivity (Wildman–Crippen MR) is 74.8 cm³/mol. The number of thiophene rings is 1. The highest BCUT2D eigenvalue weighted by Crippen LogP contribution is 2.28. The van der Waals surface area contributed by atoms with Crippen LogP contribution in [0.3, 0.4) is 0 Å². The fraction of sp³-hybridized carbons (Fsp3) is 0.250. The average Bonchev–Trinajstić information content (AvgIpc) is 2.73. The summed E-state index contributed by atoms with van der Waals surface area (Å²) >= 11 is 5.27. The molecule has 0 bridgehead atoms. The zero-order valence-electron chi connectivity index (χ0n) is 9.48. The van der Waals surface area contributed by atoms with Crippen LogP contribution in [0.15, 0.2) is 34.2 Å². The SMILES string of the molecule is Cc1ncccc1C(Cc1sccc1Br)NN. The summed E-state index contributed by atoms with van der Waals surface area (Å²) in [6, 6.07) is 6.16. The molecule has 2 aromatic heterocycles. The van der Waals surface area contributed by atoms with Crippen molar-refractivity contribution in [3.8, 4) is 0 Å². The summed E-state index contributed by atoms with van der Waals surface area (Å²) in [4.78, 5) is 5.58. The van der Waals surface area contributed by atoms with Crippen LogP contribution in [0, 0.1) is 6.92 Å². The number of nitrogens with one attached hydrogen (secondary N) is 1. The molecule has 2 rings (SSSR count). The van der Waals surface area contributed by atoms with Crippen LogP contribution in [0.4, 0.5) is 0 Å². The quantitative estimate of drug-likeness (QED) is 0.674. The van der Waals surface area contributed by atoms with Crippen LogP contribution in [0.2, 0.25) is 0 Å². The molecule has 90 valence electrons. The molecule has 0 aliphatic heterocycles. The minimum absolute atomic E-state index is 0.0960. The molecule has 0 spiro atoms. The number of hydrogen-bond donors (Lipinski definition) is 2. The summed E-state index contributed by atoms with van der Waals surface area (Å²) < 4.78 is 1.14. The molecule has 0 amide bonds. The van der Waals surface area contributed by atoms with Gasteiger partial charge in [0.25, 0.3) is 0 Å². The fourth-order valence-corrected chi connectivity index (χ4v) is 3.34. The van der Waals surface area contributed by atoms with E-state index in [9.17, 15) is 0 Å². The van der Waals surface area contributed by atoms with Crippen molar-refractivity contribution in [3.05, 3.63) is 50.4 Å². The Balaban J connectivity index is 2.23. The predicted octanol–water partition coefficient (Wildman–Crippen LogP) is 2.96. The number of pyridine rings is 1. The van der Waals surface area contributed by atoms with Crippen molar-refractivity contribution >= 4 is 27.3 Å². The van der Waals surface area contributed by atoms with Crippen LogP contribution in [-0.2, 0) is 6.42 Å². The maximum Gasteiger partial charge on any atom is 0.0526 e. The summed E-state index contributed by atoms with van der Waals surface area (Å²) in [5.74, 6) is 5.65. The molecule has 3 nitrogen and oxygen atoms in total. The van der Waals surface area contributed by atoms with Gasteiger partial charge < -0.3 is 0 Å². The van der Waals surface area contributed by atoms with E-state index < -0.39 is 0 Å². The summed E-state index contributed by atoms with van der Waals surface area (Å²) in [6.07, 6.45) is 2.66. The van der Waals surface area contributed by atoms with Crippen LogP contribution < -0.4 is 11.3 Å². The van der Waals surface area contributed by atoms with E-state index in [0.717, 1.165) is 22.2 Å². The Morgan fingerprint density at radius 3 is 2.94 bits per heavy atom. The molecule has 0 aliphatic rings. The van der Waals surface area contributed by atoms with Crippen molar-refractivity contribution in [2.24, 2.45) is 5.84 Å². The molecule has 0 fully saturated rings. The molecule has 1 unspecified atom stereocenters. The number of hydrazine groups is 1. The van der Waals surface area contributed by atoms with Gasteiger partial charge in [0.1, 0.15) is 0 Å². The zero-order chi connectivity index (χ0) is 12.3. The fourth-order valence-electron chi connectivity index (χ4n) is 1.78. The Labute approximate surface area is 113 Å². The van der Waals surface area contributed by atoms with Crippen molar-refractivity contribution in [1.29, 1.82) is 0 Å². The molecule has 2 aromatic rings. The van der Waals surface area contributed by atoms with E-state index in [1.807, 2.05) is 13.0 Å². The third kappa shape index (κ3) is 2.93. The largest absolute Gasteiger partial charge is 0.271 e. The first kappa shape index (κ1) is 12.7. The summed E-state index contributed by atoms with van der Waals surface area (Å²) in [6.45, 7) is 2.00. The molecule has 17 heavy (non-hydrogen) atoms. The molecule has 1 atom stereocenters. The lowest BCUT2D eigenvalue weighted by Gasteiger charge is -2.17. The van der Waals surface area contributed by atoms with Crippen molar-refractivity contribution in [1.82, 2.24) is 10.4 Å². The van der Waals surface area contributed by atoms with Gasteiger partial charge in [0.2, 0.25) is 0 Å². The van der Waals surface area contributed by atoms with Gasteiger partial charge in [0.15, 0.2) is 0 Å². The number of hydrogen-bond acceptors (Lipinski definition) is 4. The van der Waals surface area contributed by atoms with Crippen molar-refractivity contribution in [3.63, 3.8) is 0 Å². The van der Waals surface area contributed by atoms with Crippen molar-refractivity contribution in [2.45, 2.75) is 19.4 Å². The van der Waals surface area contributed by atoms with Gasteiger partial charge in [-0.15, -0.1) is 11.3 Å². The Kier molecular flexibility index (Phi) is 4.28. The summed E-state index contributed by atoms with van der Waals surface area (Å²) in [5, 5.41) is 2.07. The number of halogens is 1. The van der Waals surface area contributed by atoms with Gasteiger partial charge in [-0.05, 0) is 45.9 Å². The lowest BCUT2D eigenvalue weighted by molar-refractivity contribution is 0.550. The molecule has 0 aromatic carbocycles. The first-order valence-electron chi connectivity index (χ1n) is 5.32. The third-order valence-electron chi connectivity index (χ3n) is 2.70. The molecule has 0 aliphatic carbocycles. The van der Waals surface area contributed by atoms with E-state index in [1.165, 1.54) is 4.88 Å². The molecule has 3 N–H and O–H groups in total. The second-order valence-electron chi connectivity index (χ2n) is 3.79. The standard InChI is InChI=1S/C12H14BrN3S/c1-8-9(3-2-5-15-8)11(16-14)7-12-10(13)4-6-17-12/h2-6,11,16H,7,14H2,1H3. The molecule has 0 saturated carbocycles. The maximum absolute atomic E-state index is 5.65. The Hall–Kier alpha value is -0.750. The van der Waals surface area contributed by atoms with Gasteiger partial charge in [0, 0.05) is 27.7 Å². The van der Waals surface area contributed by atoms with Crippen LogP contribution in [0.25, 0.3) is 0 Å². The Morgan fingerprint density at radius 2 is 2.35 bits per heavy atom. The lowest BCUT2D eigenvalue weighted by Crippen LogP contribution is -2.30. The van der Waals surface area contributed by atoms with E-state index in [2.05, 4.69) is 43.9 Å². The van der Waals surface area contributed by atoms with E-state index in [1.54, 1.807) is 17.5 Å². The van der Waals surface area contributed by atoms with Gasteiger partial charge in [-0.1, -0.05) is 6.07 Å². The number of aryl methyl sites for hydroxylation is 1. The van der Waals surface area contributed by atoms with E-state index in [0.29, 0.717) is 0 Å². The first-order chi connectivity index (χ1) is 8.22. The number of nitrogens with two attached hydrogens (primary N) is 1. The monoisotopic (exact) mass is 311 g/mol. The van der Waals surface area contributed by atoms with E-state index in [-0.39, 0.29) is 6.04 Å². The second kappa shape index (κ2) is 5.73. The molecular weight excluding hydrogens is 298 g/mol. The number of rotatable bonds is 4. The topological polar surface area (TPSA) is 50.9 Å². The van der Waals surface area contributed by atoms with Crippen LogP contribution in [0.5, 0.6) is 0 Å². The number of aromatic nitrogens is 1. The van der Waals surface area contributed by atoms with Gasteiger partial charge >= 0.3 is 0 Å². The minimum Gasteiger partial charge on any atom is -0.271 e. The van der Waals surface area contributed by atoms with Crippen LogP contribution in [0.1, 0.15) is 22.2 Å². The zero-order valence-corrected chi connectivity index (χ0v) is 11.9. The van der Waals surface area contributed by atoms with Gasteiger partial charge in [-0.2, -0.15) is 0 Å². The van der Waals surface area contributed by atoms with Gasteiger partial charge in [-0.25, -0.2) is 0 Å². The van der Waals surface area contributed by atoms with Crippen LogP contribution in [-0.4, -0.2) is 4.98 Å². The highest BCUT2D eigenvalue weighted by atomic mass is 79.9. The smallest absolute Gasteiger partial charge is 0.0526 e. The maximum atomic E-state index is 5.65. The average molecular weight is 312 g/mol. The highest BCUT2D eigenvalue weighted by Gasteiger charge is 2.15. The van der Waals surface area contributed by atoms with Crippen LogP contribution >= 0.6 is 27.3 Å². The van der Waals surface area contributed by atoms with Crippen molar-refractivity contribution in [2.75, 3.05) is 0 Å². The first-order valence-corrected chi connectivity index (χ1v) is 6.99. The second-order valence-corrected chi connectivity index (χ2v) is 5.65. The molecule has 0 radical (unpaired) electrons. The third-order valence-corrected chi connectivity index (χ3v) is 4.65. The molecule has 0 saturated heterocycles. The van der Waals surface area contributed by atoms with Crippen molar-refractivity contribution < 1.29 is 0 Å². The Bertz CT molecular complexity index is 498. The lowest BCUT2D eigenvalue weighted by atomic mass is 10.0. The molecule has 2 heterocycles.